The number of carbonyl (C=O) groups excluding carboxylic acids is 2. The molecule has 0 radical (unpaired) electrons. The highest BCUT2D eigenvalue weighted by atomic mass is 16.5. The summed E-state index contributed by atoms with van der Waals surface area (Å²) in [7, 11) is 1.59. The van der Waals surface area contributed by atoms with Gasteiger partial charge in [0.1, 0.15) is 11.5 Å². The monoisotopic (exact) mass is 356 g/mol. The second-order valence-electron chi connectivity index (χ2n) is 6.02. The van der Waals surface area contributed by atoms with Crippen molar-refractivity contribution in [1.29, 1.82) is 0 Å². The lowest BCUT2D eigenvalue weighted by Gasteiger charge is -2.11. The van der Waals surface area contributed by atoms with Crippen LogP contribution in [0.15, 0.2) is 42.5 Å². The molecule has 26 heavy (non-hydrogen) atoms. The maximum atomic E-state index is 11.9. The number of ether oxygens (including phenoxy) is 2. The third-order valence-corrected chi connectivity index (χ3v) is 3.72. The Balaban J connectivity index is 1.72. The molecule has 0 saturated heterocycles. The van der Waals surface area contributed by atoms with E-state index in [1.165, 1.54) is 0 Å². The largest absolute Gasteiger partial charge is 0.496 e. The predicted molar refractivity (Wildman–Crippen MR) is 99.0 cm³/mol. The lowest BCUT2D eigenvalue weighted by Crippen LogP contribution is -2.43. The van der Waals surface area contributed by atoms with Crippen molar-refractivity contribution in [3.8, 4) is 11.5 Å². The van der Waals surface area contributed by atoms with Gasteiger partial charge in [-0.2, -0.15) is 0 Å². The number of carbonyl (C=O) groups is 2. The topological polar surface area (TPSA) is 76.7 Å². The number of hydrazine groups is 1. The van der Waals surface area contributed by atoms with Gasteiger partial charge in [-0.05, 0) is 55.2 Å². The van der Waals surface area contributed by atoms with E-state index < -0.39 is 5.91 Å². The molecule has 6 heteroatoms. The normalized spacial score (nSPS) is 10.1. The molecule has 0 bridgehead atoms. The second kappa shape index (κ2) is 9.46. The van der Waals surface area contributed by atoms with Crippen molar-refractivity contribution in [1.82, 2.24) is 10.9 Å². The molecule has 0 aliphatic rings. The van der Waals surface area contributed by atoms with E-state index in [0.717, 1.165) is 22.4 Å². The van der Waals surface area contributed by atoms with Crippen LogP contribution in [-0.2, 0) is 16.0 Å². The van der Waals surface area contributed by atoms with Gasteiger partial charge in [-0.1, -0.05) is 24.3 Å². The smallest absolute Gasteiger partial charge is 0.276 e. The van der Waals surface area contributed by atoms with Gasteiger partial charge in [-0.25, -0.2) is 0 Å². The fourth-order valence-electron chi connectivity index (χ4n) is 2.56. The molecule has 0 aliphatic carbocycles. The first-order valence-electron chi connectivity index (χ1n) is 8.38. The van der Waals surface area contributed by atoms with E-state index in [1.807, 2.05) is 56.3 Å². The molecule has 0 heterocycles. The van der Waals surface area contributed by atoms with Crippen LogP contribution in [0, 0.1) is 13.8 Å². The van der Waals surface area contributed by atoms with Crippen molar-refractivity contribution < 1.29 is 19.1 Å². The standard InChI is InChI=1S/C20H24N2O4/c1-14-10-15(2)12-17(11-14)26-13-20(24)22-21-19(23)9-8-16-6-4-5-7-18(16)25-3/h4-7,10-12H,8-9,13H2,1-3H3,(H,21,23)(H,22,24). The molecular weight excluding hydrogens is 332 g/mol. The van der Waals surface area contributed by atoms with E-state index in [2.05, 4.69) is 10.9 Å². The van der Waals surface area contributed by atoms with Crippen molar-refractivity contribution in [2.45, 2.75) is 26.7 Å². The Morgan fingerprint density at radius 2 is 1.62 bits per heavy atom. The number of amides is 2. The van der Waals surface area contributed by atoms with Crippen LogP contribution in [0.5, 0.6) is 11.5 Å². The zero-order valence-corrected chi connectivity index (χ0v) is 15.3. The molecular formula is C20H24N2O4. The molecule has 2 aromatic rings. The Hall–Kier alpha value is -3.02. The number of hydrogen-bond acceptors (Lipinski definition) is 4. The number of rotatable bonds is 7. The van der Waals surface area contributed by atoms with Crippen molar-refractivity contribution in [3.05, 3.63) is 59.2 Å². The summed E-state index contributed by atoms with van der Waals surface area (Å²) in [4.78, 5) is 23.7. The van der Waals surface area contributed by atoms with Crippen LogP contribution in [-0.4, -0.2) is 25.5 Å². The summed E-state index contributed by atoms with van der Waals surface area (Å²) in [6.45, 7) is 3.75. The summed E-state index contributed by atoms with van der Waals surface area (Å²) >= 11 is 0. The van der Waals surface area contributed by atoms with Crippen LogP contribution < -0.4 is 20.3 Å². The second-order valence-corrected chi connectivity index (χ2v) is 6.02. The van der Waals surface area contributed by atoms with E-state index in [0.29, 0.717) is 12.2 Å². The van der Waals surface area contributed by atoms with Gasteiger partial charge in [-0.3, -0.25) is 20.4 Å². The molecule has 2 rings (SSSR count). The van der Waals surface area contributed by atoms with Crippen molar-refractivity contribution >= 4 is 11.8 Å². The molecule has 0 unspecified atom stereocenters. The van der Waals surface area contributed by atoms with E-state index in [1.54, 1.807) is 7.11 Å². The predicted octanol–water partition coefficient (Wildman–Crippen LogP) is 2.47. The molecule has 0 saturated carbocycles. The Morgan fingerprint density at radius 3 is 2.31 bits per heavy atom. The molecule has 2 amide bonds. The van der Waals surface area contributed by atoms with E-state index >= 15 is 0 Å². The van der Waals surface area contributed by atoms with E-state index in [-0.39, 0.29) is 18.9 Å². The quantitative estimate of drug-likeness (QED) is 0.747. The maximum Gasteiger partial charge on any atom is 0.276 e. The summed E-state index contributed by atoms with van der Waals surface area (Å²) < 4.78 is 10.7. The number of nitrogens with one attached hydrogen (secondary N) is 2. The summed E-state index contributed by atoms with van der Waals surface area (Å²) in [6.07, 6.45) is 0.753. The molecule has 0 spiro atoms. The van der Waals surface area contributed by atoms with Crippen molar-refractivity contribution in [3.63, 3.8) is 0 Å². The van der Waals surface area contributed by atoms with Gasteiger partial charge in [0.2, 0.25) is 5.91 Å². The number of benzene rings is 2. The van der Waals surface area contributed by atoms with Gasteiger partial charge in [0.15, 0.2) is 6.61 Å². The van der Waals surface area contributed by atoms with Crippen LogP contribution in [0.25, 0.3) is 0 Å². The minimum Gasteiger partial charge on any atom is -0.496 e. The lowest BCUT2D eigenvalue weighted by molar-refractivity contribution is -0.130. The van der Waals surface area contributed by atoms with Gasteiger partial charge in [0.05, 0.1) is 7.11 Å². The molecule has 2 N–H and O–H groups in total. The fraction of sp³-hybridized carbons (Fsp3) is 0.300. The molecule has 0 aliphatic heterocycles. The molecule has 0 atom stereocenters. The van der Waals surface area contributed by atoms with Crippen LogP contribution >= 0.6 is 0 Å². The summed E-state index contributed by atoms with van der Waals surface area (Å²) in [5.74, 6) is 0.664. The number of aryl methyl sites for hydroxylation is 3. The van der Waals surface area contributed by atoms with Gasteiger partial charge in [-0.15, -0.1) is 0 Å². The number of methoxy groups -OCH3 is 1. The summed E-state index contributed by atoms with van der Waals surface area (Å²) in [5.41, 5.74) is 7.80. The van der Waals surface area contributed by atoms with Gasteiger partial charge in [0.25, 0.3) is 5.91 Å². The van der Waals surface area contributed by atoms with Gasteiger partial charge < -0.3 is 9.47 Å². The van der Waals surface area contributed by atoms with E-state index in [9.17, 15) is 9.59 Å². The highest BCUT2D eigenvalue weighted by molar-refractivity contribution is 5.82. The zero-order chi connectivity index (χ0) is 18.9. The highest BCUT2D eigenvalue weighted by Crippen LogP contribution is 2.18. The van der Waals surface area contributed by atoms with Crippen molar-refractivity contribution in [2.24, 2.45) is 0 Å². The van der Waals surface area contributed by atoms with Crippen molar-refractivity contribution in [2.75, 3.05) is 13.7 Å². The Kier molecular flexibility index (Phi) is 7.02. The fourth-order valence-corrected chi connectivity index (χ4v) is 2.56. The molecule has 2 aromatic carbocycles. The van der Waals surface area contributed by atoms with Crippen LogP contribution in [0.3, 0.4) is 0 Å². The molecule has 6 nitrogen and oxygen atoms in total. The third-order valence-electron chi connectivity index (χ3n) is 3.72. The molecule has 138 valence electrons. The molecule has 0 fully saturated rings. The minimum atomic E-state index is -0.421. The lowest BCUT2D eigenvalue weighted by atomic mass is 10.1. The highest BCUT2D eigenvalue weighted by Gasteiger charge is 2.08. The Bertz CT molecular complexity index is 754. The Labute approximate surface area is 153 Å². The van der Waals surface area contributed by atoms with E-state index in [4.69, 9.17) is 9.47 Å². The maximum absolute atomic E-state index is 11.9. The average Bonchev–Trinajstić information content (AvgIpc) is 2.62. The summed E-state index contributed by atoms with van der Waals surface area (Å²) in [5, 5.41) is 0. The number of para-hydroxylation sites is 1. The molecule has 0 aromatic heterocycles. The first kappa shape index (κ1) is 19.3. The SMILES string of the molecule is COc1ccccc1CCC(=O)NNC(=O)COc1cc(C)cc(C)c1. The van der Waals surface area contributed by atoms with Crippen LogP contribution in [0.4, 0.5) is 0 Å². The third kappa shape index (κ3) is 6.12. The average molecular weight is 356 g/mol. The number of hydrogen-bond donors (Lipinski definition) is 2. The van der Waals surface area contributed by atoms with Gasteiger partial charge in [0, 0.05) is 6.42 Å². The van der Waals surface area contributed by atoms with Crippen LogP contribution in [0.1, 0.15) is 23.1 Å². The summed E-state index contributed by atoms with van der Waals surface area (Å²) in [6, 6.07) is 13.2. The van der Waals surface area contributed by atoms with Gasteiger partial charge >= 0.3 is 0 Å². The minimum absolute atomic E-state index is 0.171. The Morgan fingerprint density at radius 1 is 0.962 bits per heavy atom. The first-order chi connectivity index (χ1) is 12.5. The zero-order valence-electron chi connectivity index (χ0n) is 15.3. The van der Waals surface area contributed by atoms with Crippen LogP contribution in [0.2, 0.25) is 0 Å². The first-order valence-corrected chi connectivity index (χ1v) is 8.38.